The molecule has 2 atom stereocenters. The fraction of sp³-hybridized carbons (Fsp3) is 0.296. The first-order chi connectivity index (χ1) is 17.4. The number of halogens is 3. The molecule has 1 fully saturated rings. The summed E-state index contributed by atoms with van der Waals surface area (Å²) in [5.41, 5.74) is 2.07. The van der Waals surface area contributed by atoms with Crippen molar-refractivity contribution in [1.29, 1.82) is 0 Å². The lowest BCUT2D eigenvalue weighted by molar-refractivity contribution is -0.137. The van der Waals surface area contributed by atoms with Crippen LogP contribution in [0, 0.1) is 5.92 Å². The maximum Gasteiger partial charge on any atom is 0.416 e. The number of nitrogens with zero attached hydrogens (tertiary/aromatic N) is 1. The van der Waals surface area contributed by atoms with Crippen molar-refractivity contribution in [1.82, 2.24) is 0 Å². The van der Waals surface area contributed by atoms with Gasteiger partial charge in [-0.1, -0.05) is 17.3 Å². The van der Waals surface area contributed by atoms with E-state index in [1.54, 1.807) is 7.11 Å². The highest BCUT2D eigenvalue weighted by atomic mass is 19.4. The van der Waals surface area contributed by atoms with Crippen LogP contribution in [-0.4, -0.2) is 32.8 Å². The Morgan fingerprint density at radius 2 is 1.75 bits per heavy atom. The van der Waals surface area contributed by atoms with Gasteiger partial charge >= 0.3 is 6.18 Å². The summed E-state index contributed by atoms with van der Waals surface area (Å²) in [6, 6.07) is 18.3. The molecule has 1 heterocycles. The van der Waals surface area contributed by atoms with Crippen LogP contribution in [0.2, 0.25) is 0 Å². The van der Waals surface area contributed by atoms with Crippen LogP contribution < -0.4 is 18.9 Å². The average Bonchev–Trinajstić information content (AvgIpc) is 3.53. The Bertz CT molecular complexity index is 1240. The van der Waals surface area contributed by atoms with Gasteiger partial charge in [0.05, 0.1) is 18.4 Å². The third-order valence-electron chi connectivity index (χ3n) is 6.12. The van der Waals surface area contributed by atoms with Gasteiger partial charge in [-0.3, -0.25) is 0 Å². The first kappa shape index (κ1) is 23.8. The molecule has 1 aliphatic heterocycles. The molecule has 188 valence electrons. The van der Waals surface area contributed by atoms with Crippen molar-refractivity contribution < 1.29 is 37.0 Å². The second kappa shape index (κ2) is 10.0. The lowest BCUT2D eigenvalue weighted by atomic mass is 10.0. The Kier molecular flexibility index (Phi) is 6.63. The Balaban J connectivity index is 1.25. The van der Waals surface area contributed by atoms with E-state index >= 15 is 0 Å². The lowest BCUT2D eigenvalue weighted by Crippen LogP contribution is -2.10. The number of oxime groups is 1. The molecule has 1 saturated carbocycles. The van der Waals surface area contributed by atoms with Gasteiger partial charge in [0.1, 0.15) is 18.1 Å². The van der Waals surface area contributed by atoms with E-state index in [4.69, 9.17) is 23.8 Å². The zero-order valence-corrected chi connectivity index (χ0v) is 19.5. The SMILES string of the molecule is COc1ccc(/C(=N/OCCOc2cccc(C(F)(F)F)c2)[C@@H]2C[C@H]2c2ccc3c(c2)OCO3)cc1. The fourth-order valence-electron chi connectivity index (χ4n) is 4.18. The number of ether oxygens (including phenoxy) is 4. The summed E-state index contributed by atoms with van der Waals surface area (Å²) in [6.07, 6.45) is -3.53. The number of benzene rings is 3. The summed E-state index contributed by atoms with van der Waals surface area (Å²) in [7, 11) is 1.61. The van der Waals surface area contributed by atoms with Crippen LogP contribution in [0.15, 0.2) is 71.9 Å². The molecule has 9 heteroatoms. The highest BCUT2D eigenvalue weighted by Crippen LogP contribution is 2.51. The van der Waals surface area contributed by atoms with E-state index in [9.17, 15) is 13.2 Å². The van der Waals surface area contributed by atoms with Gasteiger partial charge in [0.25, 0.3) is 0 Å². The van der Waals surface area contributed by atoms with Crippen molar-refractivity contribution in [2.75, 3.05) is 27.1 Å². The van der Waals surface area contributed by atoms with Crippen LogP contribution in [0.4, 0.5) is 13.2 Å². The Hall–Kier alpha value is -3.88. The van der Waals surface area contributed by atoms with Crippen molar-refractivity contribution in [2.24, 2.45) is 11.1 Å². The number of methoxy groups -OCH3 is 1. The molecule has 3 aromatic rings. The second-order valence-electron chi connectivity index (χ2n) is 8.47. The summed E-state index contributed by atoms with van der Waals surface area (Å²) in [4.78, 5) is 5.55. The summed E-state index contributed by atoms with van der Waals surface area (Å²) in [5.74, 6) is 2.73. The summed E-state index contributed by atoms with van der Waals surface area (Å²) in [5, 5.41) is 4.41. The largest absolute Gasteiger partial charge is 0.497 e. The molecule has 0 unspecified atom stereocenters. The molecule has 0 bridgehead atoms. The molecule has 0 radical (unpaired) electrons. The number of hydrogen-bond acceptors (Lipinski definition) is 6. The summed E-state index contributed by atoms with van der Waals surface area (Å²) < 4.78 is 60.3. The van der Waals surface area contributed by atoms with Gasteiger partial charge in [-0.2, -0.15) is 13.2 Å². The standard InChI is InChI=1S/C27H24F3NO5/c1-32-20-8-5-17(6-9-20)26(23-15-22(23)18-7-10-24-25(13-18)35-16-34-24)31-36-12-11-33-21-4-2-3-19(14-21)27(28,29)30/h2-10,13-14,22-23H,11-12,15-16H2,1H3/b31-26-/t22-,23+/m0/s1. The zero-order chi connectivity index (χ0) is 25.1. The van der Waals surface area contributed by atoms with E-state index < -0.39 is 11.7 Å². The maximum atomic E-state index is 12.9. The van der Waals surface area contributed by atoms with Crippen LogP contribution >= 0.6 is 0 Å². The highest BCUT2D eigenvalue weighted by molar-refractivity contribution is 6.04. The van der Waals surface area contributed by atoms with E-state index in [2.05, 4.69) is 5.16 Å². The Labute approximate surface area is 206 Å². The van der Waals surface area contributed by atoms with Crippen LogP contribution in [0.3, 0.4) is 0 Å². The first-order valence-corrected chi connectivity index (χ1v) is 11.5. The van der Waals surface area contributed by atoms with Crippen molar-refractivity contribution in [3.8, 4) is 23.0 Å². The van der Waals surface area contributed by atoms with Crippen molar-refractivity contribution >= 4 is 5.71 Å². The molecule has 3 aromatic carbocycles. The monoisotopic (exact) mass is 499 g/mol. The van der Waals surface area contributed by atoms with Gasteiger partial charge in [0.15, 0.2) is 18.1 Å². The first-order valence-electron chi connectivity index (χ1n) is 11.5. The predicted molar refractivity (Wildman–Crippen MR) is 126 cm³/mol. The summed E-state index contributed by atoms with van der Waals surface area (Å²) in [6.45, 7) is 0.357. The topological polar surface area (TPSA) is 58.5 Å². The molecular weight excluding hydrogens is 475 g/mol. The Morgan fingerprint density at radius 1 is 0.944 bits per heavy atom. The van der Waals surface area contributed by atoms with E-state index in [-0.39, 0.29) is 37.6 Å². The quantitative estimate of drug-likeness (QED) is 0.204. The van der Waals surface area contributed by atoms with Crippen molar-refractivity contribution in [3.63, 3.8) is 0 Å². The third-order valence-corrected chi connectivity index (χ3v) is 6.12. The minimum absolute atomic E-state index is 0.0525. The maximum absolute atomic E-state index is 12.9. The minimum Gasteiger partial charge on any atom is -0.497 e. The molecule has 0 amide bonds. The molecular formula is C27H24F3NO5. The molecule has 0 N–H and O–H groups in total. The predicted octanol–water partition coefficient (Wildman–Crippen LogP) is 6.05. The van der Waals surface area contributed by atoms with Gasteiger partial charge in [-0.25, -0.2) is 0 Å². The summed E-state index contributed by atoms with van der Waals surface area (Å²) >= 11 is 0. The normalized spacial score (nSPS) is 18.6. The van der Waals surface area contributed by atoms with Crippen LogP contribution in [-0.2, 0) is 11.0 Å². The fourth-order valence-corrected chi connectivity index (χ4v) is 4.18. The number of alkyl halides is 3. The van der Waals surface area contributed by atoms with Gasteiger partial charge in [0.2, 0.25) is 6.79 Å². The molecule has 1 aliphatic carbocycles. The molecule has 6 nitrogen and oxygen atoms in total. The van der Waals surface area contributed by atoms with Crippen LogP contribution in [0.25, 0.3) is 0 Å². The third kappa shape index (κ3) is 5.35. The van der Waals surface area contributed by atoms with Gasteiger partial charge in [-0.05, 0) is 78.1 Å². The van der Waals surface area contributed by atoms with Gasteiger partial charge in [-0.15, -0.1) is 0 Å². The van der Waals surface area contributed by atoms with Crippen LogP contribution in [0.5, 0.6) is 23.0 Å². The lowest BCUT2D eigenvalue weighted by Gasteiger charge is -2.11. The molecule has 2 aliphatic rings. The van der Waals surface area contributed by atoms with E-state index in [1.165, 1.54) is 12.1 Å². The van der Waals surface area contributed by atoms with Gasteiger partial charge < -0.3 is 23.8 Å². The zero-order valence-electron chi connectivity index (χ0n) is 19.5. The smallest absolute Gasteiger partial charge is 0.416 e. The Morgan fingerprint density at radius 3 is 2.53 bits per heavy atom. The highest BCUT2D eigenvalue weighted by Gasteiger charge is 2.43. The molecule has 0 aromatic heterocycles. The number of rotatable bonds is 9. The van der Waals surface area contributed by atoms with E-state index in [0.717, 1.165) is 52.6 Å². The van der Waals surface area contributed by atoms with Gasteiger partial charge in [0, 0.05) is 5.92 Å². The molecule has 0 spiro atoms. The minimum atomic E-state index is -4.42. The molecule has 0 saturated heterocycles. The second-order valence-corrected chi connectivity index (χ2v) is 8.47. The number of hydrogen-bond donors (Lipinski definition) is 0. The average molecular weight is 499 g/mol. The van der Waals surface area contributed by atoms with E-state index in [0.29, 0.717) is 0 Å². The van der Waals surface area contributed by atoms with Crippen molar-refractivity contribution in [3.05, 3.63) is 83.4 Å². The van der Waals surface area contributed by atoms with Crippen LogP contribution in [0.1, 0.15) is 29.0 Å². The molecule has 5 rings (SSSR count). The van der Waals surface area contributed by atoms with E-state index in [1.807, 2.05) is 42.5 Å². The molecule has 36 heavy (non-hydrogen) atoms. The number of fused-ring (bicyclic) bond motifs is 1. The van der Waals surface area contributed by atoms with Crippen molar-refractivity contribution in [2.45, 2.75) is 18.5 Å².